The molecule has 0 spiro atoms. The van der Waals surface area contributed by atoms with Crippen LogP contribution >= 0.6 is 12.4 Å². The number of halogens is 2. The van der Waals surface area contributed by atoms with Crippen molar-refractivity contribution in [2.45, 2.75) is 25.9 Å². The molecule has 0 saturated carbocycles. The molecular weight excluding hydrogens is 281 g/mol. The molecule has 1 aromatic carbocycles. The van der Waals surface area contributed by atoms with Crippen molar-refractivity contribution in [2.75, 3.05) is 19.6 Å². The molecule has 20 heavy (non-hydrogen) atoms. The van der Waals surface area contributed by atoms with Crippen LogP contribution < -0.4 is 11.1 Å². The Kier molecular flexibility index (Phi) is 6.39. The largest absolute Gasteiger partial charge is 0.351 e. The van der Waals surface area contributed by atoms with Gasteiger partial charge in [0.1, 0.15) is 5.82 Å². The number of aryl methyl sites for hydroxylation is 1. The summed E-state index contributed by atoms with van der Waals surface area (Å²) in [7, 11) is 0. The number of likely N-dealkylation sites (tertiary alicyclic amines) is 1. The van der Waals surface area contributed by atoms with E-state index in [2.05, 4.69) is 5.32 Å². The first-order valence-corrected chi connectivity index (χ1v) is 6.54. The van der Waals surface area contributed by atoms with Crippen LogP contribution in [0.1, 0.15) is 17.5 Å². The number of nitrogens with two attached hydrogens (primary N) is 1. The third kappa shape index (κ3) is 4.74. The Morgan fingerprint density at radius 1 is 1.55 bits per heavy atom. The molecule has 1 aromatic rings. The molecule has 1 atom stereocenters. The maximum atomic E-state index is 13.3. The first-order valence-electron chi connectivity index (χ1n) is 6.54. The van der Waals surface area contributed by atoms with E-state index in [9.17, 15) is 9.18 Å². The molecule has 3 N–H and O–H groups in total. The van der Waals surface area contributed by atoms with Gasteiger partial charge in [-0.3, -0.25) is 9.69 Å². The summed E-state index contributed by atoms with van der Waals surface area (Å²) in [5, 5.41) is 2.80. The van der Waals surface area contributed by atoms with Crippen LogP contribution in [-0.2, 0) is 11.3 Å². The van der Waals surface area contributed by atoms with Crippen molar-refractivity contribution in [2.24, 2.45) is 5.73 Å². The minimum absolute atomic E-state index is 0. The van der Waals surface area contributed by atoms with Gasteiger partial charge < -0.3 is 11.1 Å². The molecule has 2 rings (SSSR count). The quantitative estimate of drug-likeness (QED) is 0.879. The third-order valence-corrected chi connectivity index (χ3v) is 3.40. The lowest BCUT2D eigenvalue weighted by Gasteiger charge is -2.14. The molecule has 1 fully saturated rings. The van der Waals surface area contributed by atoms with Crippen molar-refractivity contribution in [3.05, 3.63) is 35.1 Å². The van der Waals surface area contributed by atoms with E-state index in [1.807, 2.05) is 11.0 Å². The van der Waals surface area contributed by atoms with Gasteiger partial charge in [0.15, 0.2) is 0 Å². The fraction of sp³-hybridized carbons (Fsp3) is 0.500. The minimum Gasteiger partial charge on any atom is -0.351 e. The molecule has 6 heteroatoms. The van der Waals surface area contributed by atoms with Crippen LogP contribution in [0.5, 0.6) is 0 Å². The van der Waals surface area contributed by atoms with E-state index in [-0.39, 0.29) is 30.2 Å². The summed E-state index contributed by atoms with van der Waals surface area (Å²) < 4.78 is 13.3. The molecule has 112 valence electrons. The monoisotopic (exact) mass is 301 g/mol. The van der Waals surface area contributed by atoms with E-state index < -0.39 is 0 Å². The van der Waals surface area contributed by atoms with Crippen molar-refractivity contribution in [3.63, 3.8) is 0 Å². The Labute approximate surface area is 124 Å². The van der Waals surface area contributed by atoms with Crippen LogP contribution in [-0.4, -0.2) is 36.5 Å². The highest BCUT2D eigenvalue weighted by Gasteiger charge is 2.20. The van der Waals surface area contributed by atoms with Gasteiger partial charge in [-0.25, -0.2) is 4.39 Å². The van der Waals surface area contributed by atoms with Crippen LogP contribution in [0.4, 0.5) is 4.39 Å². The molecule has 1 heterocycles. The zero-order valence-electron chi connectivity index (χ0n) is 11.6. The minimum atomic E-state index is -0.239. The van der Waals surface area contributed by atoms with Gasteiger partial charge in [-0.05, 0) is 30.5 Å². The Bertz CT molecular complexity index is 470. The van der Waals surface area contributed by atoms with E-state index >= 15 is 0 Å². The van der Waals surface area contributed by atoms with Crippen molar-refractivity contribution in [1.29, 1.82) is 0 Å². The topological polar surface area (TPSA) is 58.4 Å². The van der Waals surface area contributed by atoms with Crippen molar-refractivity contribution in [1.82, 2.24) is 10.2 Å². The zero-order chi connectivity index (χ0) is 13.8. The van der Waals surface area contributed by atoms with Crippen LogP contribution in [0.15, 0.2) is 18.2 Å². The Hall–Kier alpha value is -1.17. The highest BCUT2D eigenvalue weighted by atomic mass is 35.5. The number of hydrogen-bond acceptors (Lipinski definition) is 3. The molecule has 0 radical (unpaired) electrons. The number of nitrogens with one attached hydrogen (secondary N) is 1. The highest BCUT2D eigenvalue weighted by Crippen LogP contribution is 2.09. The van der Waals surface area contributed by atoms with Gasteiger partial charge in [-0.1, -0.05) is 12.1 Å². The first-order chi connectivity index (χ1) is 9.04. The number of benzene rings is 1. The van der Waals surface area contributed by atoms with E-state index in [1.54, 1.807) is 13.0 Å². The third-order valence-electron chi connectivity index (χ3n) is 3.40. The number of hydrogen-bond donors (Lipinski definition) is 2. The van der Waals surface area contributed by atoms with Gasteiger partial charge >= 0.3 is 0 Å². The summed E-state index contributed by atoms with van der Waals surface area (Å²) in [4.78, 5) is 13.8. The molecule has 0 aliphatic carbocycles. The molecule has 1 aliphatic heterocycles. The van der Waals surface area contributed by atoms with E-state index in [4.69, 9.17) is 5.73 Å². The molecule has 1 amide bonds. The van der Waals surface area contributed by atoms with Crippen LogP contribution in [0, 0.1) is 12.7 Å². The fourth-order valence-corrected chi connectivity index (χ4v) is 2.21. The molecule has 1 unspecified atom stereocenters. The number of carbonyl (C=O) groups excluding carboxylic acids is 1. The molecule has 0 bridgehead atoms. The summed E-state index contributed by atoms with van der Waals surface area (Å²) in [6.07, 6.45) is 0.941. The Balaban J connectivity index is 0.00000200. The number of carbonyl (C=O) groups is 1. The van der Waals surface area contributed by atoms with E-state index in [1.165, 1.54) is 6.07 Å². The standard InChI is InChI=1S/C14H20FN3O.ClH/c1-10-2-3-11(6-13(10)15)7-17-14(19)9-18-5-4-12(16)8-18;/h2-3,6,12H,4-5,7-9,16H2,1H3,(H,17,19);1H. The number of rotatable bonds is 4. The lowest BCUT2D eigenvalue weighted by molar-refractivity contribution is -0.122. The lowest BCUT2D eigenvalue weighted by Crippen LogP contribution is -2.37. The summed E-state index contributed by atoms with van der Waals surface area (Å²) >= 11 is 0. The predicted molar refractivity (Wildman–Crippen MR) is 79.3 cm³/mol. The fourth-order valence-electron chi connectivity index (χ4n) is 2.21. The second-order valence-corrected chi connectivity index (χ2v) is 5.14. The van der Waals surface area contributed by atoms with E-state index in [0.717, 1.165) is 25.1 Å². The molecule has 1 saturated heterocycles. The van der Waals surface area contributed by atoms with Gasteiger partial charge in [-0.2, -0.15) is 0 Å². The highest BCUT2D eigenvalue weighted by molar-refractivity contribution is 5.85. The number of amides is 1. The van der Waals surface area contributed by atoms with Gasteiger partial charge in [0, 0.05) is 25.7 Å². The summed E-state index contributed by atoms with van der Waals surface area (Å²) in [5.41, 5.74) is 7.17. The smallest absolute Gasteiger partial charge is 0.234 e. The first kappa shape index (κ1) is 16.9. The van der Waals surface area contributed by atoms with E-state index in [0.29, 0.717) is 18.7 Å². The van der Waals surface area contributed by atoms with Crippen LogP contribution in [0.3, 0.4) is 0 Å². The Morgan fingerprint density at radius 2 is 2.30 bits per heavy atom. The van der Waals surface area contributed by atoms with Gasteiger partial charge in [0.05, 0.1) is 6.54 Å². The Morgan fingerprint density at radius 3 is 2.90 bits per heavy atom. The summed E-state index contributed by atoms with van der Waals surface area (Å²) in [6, 6.07) is 5.18. The van der Waals surface area contributed by atoms with Crippen molar-refractivity contribution < 1.29 is 9.18 Å². The van der Waals surface area contributed by atoms with Crippen molar-refractivity contribution >= 4 is 18.3 Å². The molecule has 0 aromatic heterocycles. The van der Waals surface area contributed by atoms with Gasteiger partial charge in [-0.15, -0.1) is 12.4 Å². The van der Waals surface area contributed by atoms with Crippen molar-refractivity contribution in [3.8, 4) is 0 Å². The zero-order valence-corrected chi connectivity index (χ0v) is 12.4. The number of nitrogens with zero attached hydrogens (tertiary/aromatic N) is 1. The average Bonchev–Trinajstić information content (AvgIpc) is 2.76. The maximum Gasteiger partial charge on any atom is 0.234 e. The SMILES string of the molecule is Cc1ccc(CNC(=O)CN2CCC(N)C2)cc1F.Cl. The van der Waals surface area contributed by atoms with Crippen LogP contribution in [0.25, 0.3) is 0 Å². The molecule has 4 nitrogen and oxygen atoms in total. The second-order valence-electron chi connectivity index (χ2n) is 5.14. The molecular formula is C14H21ClFN3O. The normalized spacial score (nSPS) is 18.6. The lowest BCUT2D eigenvalue weighted by atomic mass is 10.1. The average molecular weight is 302 g/mol. The maximum absolute atomic E-state index is 13.3. The summed E-state index contributed by atoms with van der Waals surface area (Å²) in [6.45, 7) is 4.08. The predicted octanol–water partition coefficient (Wildman–Crippen LogP) is 1.21. The van der Waals surface area contributed by atoms with Gasteiger partial charge in [0.2, 0.25) is 5.91 Å². The molecule has 1 aliphatic rings. The second kappa shape index (κ2) is 7.57. The van der Waals surface area contributed by atoms with Gasteiger partial charge in [0.25, 0.3) is 0 Å². The van der Waals surface area contributed by atoms with Crippen LogP contribution in [0.2, 0.25) is 0 Å². The summed E-state index contributed by atoms with van der Waals surface area (Å²) in [5.74, 6) is -0.285.